The number of halogens is 1. The highest BCUT2D eigenvalue weighted by molar-refractivity contribution is 5.85. The van der Waals surface area contributed by atoms with Gasteiger partial charge in [0.15, 0.2) is 0 Å². The topological polar surface area (TPSA) is 70.6 Å². The van der Waals surface area contributed by atoms with Crippen molar-refractivity contribution in [2.24, 2.45) is 0 Å². The molecule has 3 N–H and O–H groups in total. The number of hydrogen-bond donors (Lipinski definition) is 3. The second-order valence-electron chi connectivity index (χ2n) is 5.82. The number of carbonyl (C=O) groups is 1. The lowest BCUT2D eigenvalue weighted by Gasteiger charge is -2.19. The molecule has 22 heavy (non-hydrogen) atoms. The number of carbonyl (C=O) groups excluding carboxylic acids is 1. The Balaban J connectivity index is 0.00000242. The standard InChI is InChI=1S/C16H24N2O3.ClH/c1-10(2)21-14-6-4-5-12(7-14)11(3)18-16(20)15-8-13(19)9-17-15;/h4-7,10-11,13,15,17,19H,8-9H2,1-3H3,(H,18,20);1H. The number of nitrogens with one attached hydrogen (secondary N) is 2. The van der Waals surface area contributed by atoms with E-state index in [4.69, 9.17) is 4.74 Å². The molecule has 1 saturated heterocycles. The Labute approximate surface area is 137 Å². The zero-order valence-electron chi connectivity index (χ0n) is 13.2. The number of rotatable bonds is 5. The lowest BCUT2D eigenvalue weighted by molar-refractivity contribution is -0.123. The van der Waals surface area contributed by atoms with Crippen LogP contribution in [0.2, 0.25) is 0 Å². The fourth-order valence-electron chi connectivity index (χ4n) is 2.44. The van der Waals surface area contributed by atoms with E-state index in [2.05, 4.69) is 10.6 Å². The van der Waals surface area contributed by atoms with Gasteiger partial charge in [-0.15, -0.1) is 12.4 Å². The highest BCUT2D eigenvalue weighted by atomic mass is 35.5. The van der Waals surface area contributed by atoms with Gasteiger partial charge in [-0.1, -0.05) is 12.1 Å². The van der Waals surface area contributed by atoms with Crippen molar-refractivity contribution < 1.29 is 14.6 Å². The van der Waals surface area contributed by atoms with E-state index in [0.717, 1.165) is 11.3 Å². The summed E-state index contributed by atoms with van der Waals surface area (Å²) in [6.07, 6.45) is 0.155. The Bertz CT molecular complexity index is 496. The molecular formula is C16H25ClN2O3. The first-order valence-electron chi connectivity index (χ1n) is 7.44. The fraction of sp³-hybridized carbons (Fsp3) is 0.562. The van der Waals surface area contributed by atoms with Crippen molar-refractivity contribution in [2.45, 2.75) is 51.5 Å². The largest absolute Gasteiger partial charge is 0.491 e. The molecule has 124 valence electrons. The average molecular weight is 329 g/mol. The first kappa shape index (κ1) is 18.7. The molecule has 1 aliphatic heterocycles. The average Bonchev–Trinajstić information content (AvgIpc) is 2.85. The van der Waals surface area contributed by atoms with Crippen molar-refractivity contribution in [3.8, 4) is 5.75 Å². The van der Waals surface area contributed by atoms with E-state index in [1.165, 1.54) is 0 Å². The maximum absolute atomic E-state index is 12.1. The quantitative estimate of drug-likeness (QED) is 0.771. The number of β-amino-alcohol motifs (C(OH)–C–C–N with tert-alkyl or cyclic N) is 1. The molecule has 3 atom stereocenters. The lowest BCUT2D eigenvalue weighted by atomic mass is 10.1. The Morgan fingerprint density at radius 2 is 2.14 bits per heavy atom. The van der Waals surface area contributed by atoms with Crippen LogP contribution in [-0.2, 0) is 4.79 Å². The van der Waals surface area contributed by atoms with Gasteiger partial charge in [-0.05, 0) is 44.9 Å². The van der Waals surface area contributed by atoms with Crippen LogP contribution in [0.3, 0.4) is 0 Å². The van der Waals surface area contributed by atoms with Crippen LogP contribution in [-0.4, -0.2) is 35.8 Å². The molecule has 0 aliphatic carbocycles. The summed E-state index contributed by atoms with van der Waals surface area (Å²) < 4.78 is 5.67. The van der Waals surface area contributed by atoms with Crippen molar-refractivity contribution in [1.82, 2.24) is 10.6 Å². The van der Waals surface area contributed by atoms with Crippen LogP contribution in [0.4, 0.5) is 0 Å². The predicted molar refractivity (Wildman–Crippen MR) is 88.4 cm³/mol. The fourth-order valence-corrected chi connectivity index (χ4v) is 2.44. The molecule has 1 aliphatic rings. The maximum Gasteiger partial charge on any atom is 0.237 e. The van der Waals surface area contributed by atoms with E-state index in [1.54, 1.807) is 0 Å². The number of amides is 1. The normalized spacial score (nSPS) is 22.0. The minimum Gasteiger partial charge on any atom is -0.491 e. The second-order valence-corrected chi connectivity index (χ2v) is 5.82. The highest BCUT2D eigenvalue weighted by Gasteiger charge is 2.28. The summed E-state index contributed by atoms with van der Waals surface area (Å²) in [5, 5.41) is 15.4. The Morgan fingerprint density at radius 1 is 1.41 bits per heavy atom. The van der Waals surface area contributed by atoms with Gasteiger partial charge in [-0.25, -0.2) is 0 Å². The number of hydrogen-bond acceptors (Lipinski definition) is 4. The maximum atomic E-state index is 12.1. The van der Waals surface area contributed by atoms with E-state index >= 15 is 0 Å². The molecule has 1 aromatic carbocycles. The summed E-state index contributed by atoms with van der Waals surface area (Å²) in [5.41, 5.74) is 1.00. The number of aliphatic hydroxyl groups is 1. The van der Waals surface area contributed by atoms with Crippen LogP contribution in [0.1, 0.15) is 38.8 Å². The van der Waals surface area contributed by atoms with E-state index in [0.29, 0.717) is 13.0 Å². The minimum atomic E-state index is -0.432. The summed E-state index contributed by atoms with van der Waals surface area (Å²) in [4.78, 5) is 12.1. The van der Waals surface area contributed by atoms with Gasteiger partial charge in [0.25, 0.3) is 0 Å². The molecule has 0 spiro atoms. The lowest BCUT2D eigenvalue weighted by Crippen LogP contribution is -2.41. The van der Waals surface area contributed by atoms with Gasteiger partial charge < -0.3 is 20.5 Å². The first-order valence-corrected chi connectivity index (χ1v) is 7.44. The van der Waals surface area contributed by atoms with Crippen LogP contribution in [0.15, 0.2) is 24.3 Å². The number of benzene rings is 1. The number of ether oxygens (including phenoxy) is 1. The summed E-state index contributed by atoms with van der Waals surface area (Å²) >= 11 is 0. The number of aliphatic hydroxyl groups excluding tert-OH is 1. The first-order chi connectivity index (χ1) is 9.95. The van der Waals surface area contributed by atoms with Crippen molar-refractivity contribution in [3.63, 3.8) is 0 Å². The van der Waals surface area contributed by atoms with Crippen LogP contribution in [0.25, 0.3) is 0 Å². The molecule has 0 aromatic heterocycles. The zero-order valence-corrected chi connectivity index (χ0v) is 14.0. The van der Waals surface area contributed by atoms with Crippen molar-refractivity contribution >= 4 is 18.3 Å². The highest BCUT2D eigenvalue weighted by Crippen LogP contribution is 2.20. The van der Waals surface area contributed by atoms with E-state index < -0.39 is 6.10 Å². The van der Waals surface area contributed by atoms with Gasteiger partial charge in [-0.2, -0.15) is 0 Å². The summed E-state index contributed by atoms with van der Waals surface area (Å²) in [5.74, 6) is 0.729. The molecule has 6 heteroatoms. The molecule has 0 radical (unpaired) electrons. The Kier molecular flexibility index (Phi) is 7.13. The Morgan fingerprint density at radius 3 is 2.73 bits per heavy atom. The zero-order chi connectivity index (χ0) is 15.4. The van der Waals surface area contributed by atoms with Crippen LogP contribution >= 0.6 is 12.4 Å². The molecule has 1 heterocycles. The van der Waals surface area contributed by atoms with Gasteiger partial charge in [-0.3, -0.25) is 4.79 Å². The molecule has 0 bridgehead atoms. The smallest absolute Gasteiger partial charge is 0.237 e. The van der Waals surface area contributed by atoms with Gasteiger partial charge >= 0.3 is 0 Å². The van der Waals surface area contributed by atoms with Crippen molar-refractivity contribution in [3.05, 3.63) is 29.8 Å². The van der Waals surface area contributed by atoms with Gasteiger partial charge in [0.05, 0.1) is 24.3 Å². The molecule has 1 amide bonds. The Hall–Kier alpha value is -1.30. The molecular weight excluding hydrogens is 304 g/mol. The molecule has 3 unspecified atom stereocenters. The summed E-state index contributed by atoms with van der Waals surface area (Å²) in [6.45, 7) is 6.38. The van der Waals surface area contributed by atoms with E-state index in [9.17, 15) is 9.90 Å². The third-order valence-electron chi connectivity index (χ3n) is 3.51. The third-order valence-corrected chi connectivity index (χ3v) is 3.51. The minimum absolute atomic E-state index is 0. The summed E-state index contributed by atoms with van der Waals surface area (Å²) in [6, 6.07) is 7.34. The van der Waals surface area contributed by atoms with Gasteiger partial charge in [0.1, 0.15) is 5.75 Å². The van der Waals surface area contributed by atoms with Crippen molar-refractivity contribution in [2.75, 3.05) is 6.54 Å². The summed E-state index contributed by atoms with van der Waals surface area (Å²) in [7, 11) is 0. The van der Waals surface area contributed by atoms with E-state index in [-0.39, 0.29) is 36.5 Å². The van der Waals surface area contributed by atoms with E-state index in [1.807, 2.05) is 45.0 Å². The molecule has 1 fully saturated rings. The van der Waals surface area contributed by atoms with Gasteiger partial charge in [0.2, 0.25) is 5.91 Å². The van der Waals surface area contributed by atoms with Crippen LogP contribution < -0.4 is 15.4 Å². The van der Waals surface area contributed by atoms with Crippen LogP contribution in [0, 0.1) is 0 Å². The second kappa shape index (κ2) is 8.36. The SMILES string of the molecule is CC(C)Oc1cccc(C(C)NC(=O)C2CC(O)CN2)c1.Cl. The molecule has 1 aromatic rings. The third kappa shape index (κ3) is 5.16. The van der Waals surface area contributed by atoms with Crippen LogP contribution in [0.5, 0.6) is 5.75 Å². The monoisotopic (exact) mass is 328 g/mol. The predicted octanol–water partition coefficient (Wildman–Crippen LogP) is 1.80. The molecule has 5 nitrogen and oxygen atoms in total. The van der Waals surface area contributed by atoms with Gasteiger partial charge in [0, 0.05) is 6.54 Å². The van der Waals surface area contributed by atoms with Crippen molar-refractivity contribution in [1.29, 1.82) is 0 Å². The molecule has 0 saturated carbocycles. The molecule has 2 rings (SSSR count).